The van der Waals surface area contributed by atoms with Crippen LogP contribution >= 0.6 is 11.7 Å². The first kappa shape index (κ1) is 23.6. The van der Waals surface area contributed by atoms with Crippen LogP contribution in [-0.2, 0) is 19.0 Å². The number of cyclic esters (lactones) is 1. The summed E-state index contributed by atoms with van der Waals surface area (Å²) in [7, 11) is 0. The Morgan fingerprint density at radius 2 is 2.23 bits per heavy atom. The molecule has 12 heteroatoms. The monoisotopic (exact) mass is 504 g/mol. The molecule has 4 heterocycles. The molecule has 0 N–H and O–H groups in total. The molecule has 2 fully saturated rings. The minimum absolute atomic E-state index is 0.126. The zero-order valence-corrected chi connectivity index (χ0v) is 20.1. The van der Waals surface area contributed by atoms with Gasteiger partial charge in [-0.1, -0.05) is 6.08 Å². The number of rotatable bonds is 6. The number of hydrogen-bond donors (Lipinski definition) is 0. The van der Waals surface area contributed by atoms with Gasteiger partial charge in [0.1, 0.15) is 18.6 Å². The largest absolute Gasteiger partial charge is 0.472 e. The van der Waals surface area contributed by atoms with E-state index in [2.05, 4.69) is 8.75 Å². The quantitative estimate of drug-likeness (QED) is 0.592. The Kier molecular flexibility index (Phi) is 6.43. The maximum Gasteiger partial charge on any atom is 0.414 e. The maximum absolute atomic E-state index is 15.1. The van der Waals surface area contributed by atoms with E-state index in [9.17, 15) is 9.59 Å². The van der Waals surface area contributed by atoms with Crippen molar-refractivity contribution in [2.24, 2.45) is 0 Å². The second-order valence-corrected chi connectivity index (χ2v) is 9.47. The zero-order chi connectivity index (χ0) is 24.6. The van der Waals surface area contributed by atoms with Crippen molar-refractivity contribution in [3.05, 3.63) is 41.9 Å². The summed E-state index contributed by atoms with van der Waals surface area (Å²) in [5.74, 6) is -0.966. The predicted molar refractivity (Wildman–Crippen MR) is 123 cm³/mol. The molecule has 1 aromatic carbocycles. The molecular weight excluding hydrogens is 479 g/mol. The highest BCUT2D eigenvalue weighted by Gasteiger charge is 2.39. The third-order valence-corrected chi connectivity index (χ3v) is 6.51. The highest BCUT2D eigenvalue weighted by atomic mass is 32.1. The number of halogens is 1. The summed E-state index contributed by atoms with van der Waals surface area (Å²) < 4.78 is 44.8. The Bertz CT molecular complexity index is 1140. The van der Waals surface area contributed by atoms with Crippen molar-refractivity contribution >= 4 is 35.0 Å². The first-order valence-electron chi connectivity index (χ1n) is 11.3. The summed E-state index contributed by atoms with van der Waals surface area (Å²) in [5, 5.41) is 0. The third kappa shape index (κ3) is 5.14. The molecule has 0 spiro atoms. The second-order valence-electron chi connectivity index (χ2n) is 8.92. The van der Waals surface area contributed by atoms with Gasteiger partial charge >= 0.3 is 6.09 Å². The summed E-state index contributed by atoms with van der Waals surface area (Å²) in [6.07, 6.45) is 2.16. The van der Waals surface area contributed by atoms with Gasteiger partial charge in [-0.2, -0.15) is 4.37 Å². The van der Waals surface area contributed by atoms with Gasteiger partial charge in [-0.05, 0) is 44.0 Å². The molecule has 2 amide bonds. The van der Waals surface area contributed by atoms with Crippen LogP contribution in [-0.4, -0.2) is 76.5 Å². The lowest BCUT2D eigenvalue weighted by molar-refractivity contribution is -0.159. The summed E-state index contributed by atoms with van der Waals surface area (Å²) >= 11 is 1.02. The van der Waals surface area contributed by atoms with Crippen molar-refractivity contribution in [2.45, 2.75) is 38.3 Å². The van der Waals surface area contributed by atoms with E-state index in [-0.39, 0.29) is 25.7 Å². The Morgan fingerprint density at radius 1 is 1.37 bits per heavy atom. The molecule has 35 heavy (non-hydrogen) atoms. The van der Waals surface area contributed by atoms with Crippen molar-refractivity contribution in [1.82, 2.24) is 13.6 Å². The number of benzene rings is 1. The van der Waals surface area contributed by atoms with E-state index in [4.69, 9.17) is 18.9 Å². The van der Waals surface area contributed by atoms with Gasteiger partial charge in [0.2, 0.25) is 5.88 Å². The average molecular weight is 505 g/mol. The van der Waals surface area contributed by atoms with Gasteiger partial charge in [-0.25, -0.2) is 9.18 Å². The first-order chi connectivity index (χ1) is 16.8. The number of amides is 2. The van der Waals surface area contributed by atoms with Gasteiger partial charge in [-0.3, -0.25) is 9.69 Å². The van der Waals surface area contributed by atoms with Crippen molar-refractivity contribution in [2.75, 3.05) is 37.7 Å². The van der Waals surface area contributed by atoms with Gasteiger partial charge < -0.3 is 23.8 Å². The fraction of sp³-hybridized carbons (Fsp3) is 0.478. The summed E-state index contributed by atoms with van der Waals surface area (Å²) in [6, 6.07) is 4.67. The molecule has 2 atom stereocenters. The molecule has 10 nitrogen and oxygen atoms in total. The van der Waals surface area contributed by atoms with Crippen molar-refractivity contribution in [1.29, 1.82) is 0 Å². The lowest BCUT2D eigenvalue weighted by atomic mass is 9.98. The molecule has 0 bridgehead atoms. The van der Waals surface area contributed by atoms with Gasteiger partial charge in [0.25, 0.3) is 5.91 Å². The minimum Gasteiger partial charge on any atom is -0.472 e. The fourth-order valence-corrected chi connectivity index (χ4v) is 4.64. The SMILES string of the molecule is CC1(C)OC[C@@H](C(=O)N2CC=C(c3ccc(N4C[C@H](COc5cnsn5)OC4=O)cc3F)CC2)O1. The van der Waals surface area contributed by atoms with Gasteiger partial charge in [0.15, 0.2) is 18.0 Å². The molecular formula is C23H25FN4O6S. The Morgan fingerprint density at radius 3 is 2.89 bits per heavy atom. The Balaban J connectivity index is 1.20. The topological polar surface area (TPSA) is 103 Å². The number of carbonyl (C=O) groups is 2. The molecule has 0 unspecified atom stereocenters. The van der Waals surface area contributed by atoms with Gasteiger partial charge in [0.05, 0.1) is 30.6 Å². The number of aromatic nitrogens is 2. The zero-order valence-electron chi connectivity index (χ0n) is 19.3. The molecule has 1 aromatic heterocycles. The number of ether oxygens (including phenoxy) is 4. The van der Waals surface area contributed by atoms with Crippen LogP contribution < -0.4 is 9.64 Å². The highest BCUT2D eigenvalue weighted by molar-refractivity contribution is 6.99. The summed E-state index contributed by atoms with van der Waals surface area (Å²) in [5.41, 5.74) is 1.67. The minimum atomic E-state index is -0.768. The average Bonchev–Trinajstić information content (AvgIpc) is 3.57. The van der Waals surface area contributed by atoms with E-state index in [0.29, 0.717) is 36.6 Å². The molecule has 5 rings (SSSR count). The molecule has 0 aliphatic carbocycles. The summed E-state index contributed by atoms with van der Waals surface area (Å²) in [6.45, 7) is 4.96. The van der Waals surface area contributed by atoms with Gasteiger partial charge in [0, 0.05) is 18.7 Å². The molecule has 3 aliphatic heterocycles. The van der Waals surface area contributed by atoms with E-state index >= 15 is 4.39 Å². The smallest absolute Gasteiger partial charge is 0.414 e. The van der Waals surface area contributed by atoms with Crippen LogP contribution in [0.5, 0.6) is 5.88 Å². The normalized spacial score (nSPS) is 23.9. The molecule has 3 aliphatic rings. The van der Waals surface area contributed by atoms with Gasteiger partial charge in [-0.15, -0.1) is 4.37 Å². The number of nitrogens with zero attached hydrogens (tertiary/aromatic N) is 4. The van der Waals surface area contributed by atoms with Crippen LogP contribution in [0.25, 0.3) is 5.57 Å². The van der Waals surface area contributed by atoms with Crippen molar-refractivity contribution in [3.63, 3.8) is 0 Å². The van der Waals surface area contributed by atoms with E-state index in [1.165, 1.54) is 17.2 Å². The van der Waals surface area contributed by atoms with Crippen LogP contribution in [0.1, 0.15) is 25.8 Å². The lowest BCUT2D eigenvalue weighted by Crippen LogP contribution is -2.43. The van der Waals surface area contributed by atoms with Crippen molar-refractivity contribution < 1.29 is 32.9 Å². The third-order valence-electron chi connectivity index (χ3n) is 6.05. The van der Waals surface area contributed by atoms with Crippen LogP contribution in [0, 0.1) is 5.82 Å². The number of anilines is 1. The van der Waals surface area contributed by atoms with E-state index in [1.54, 1.807) is 30.9 Å². The number of hydrogen-bond acceptors (Lipinski definition) is 9. The highest BCUT2D eigenvalue weighted by Crippen LogP contribution is 2.31. The lowest BCUT2D eigenvalue weighted by Gasteiger charge is -2.29. The maximum atomic E-state index is 15.1. The van der Waals surface area contributed by atoms with E-state index in [1.807, 2.05) is 6.08 Å². The van der Waals surface area contributed by atoms with Crippen LogP contribution in [0.15, 0.2) is 30.5 Å². The molecule has 186 valence electrons. The van der Waals surface area contributed by atoms with E-state index < -0.39 is 29.9 Å². The Labute approximate surface area is 205 Å². The molecule has 2 aromatic rings. The molecule has 2 saturated heterocycles. The van der Waals surface area contributed by atoms with Crippen LogP contribution in [0.3, 0.4) is 0 Å². The van der Waals surface area contributed by atoms with E-state index in [0.717, 1.165) is 17.3 Å². The predicted octanol–water partition coefficient (Wildman–Crippen LogP) is 2.85. The fourth-order valence-electron chi connectivity index (χ4n) is 4.28. The summed E-state index contributed by atoms with van der Waals surface area (Å²) in [4.78, 5) is 28.1. The Hall–Kier alpha value is -3.09. The van der Waals surface area contributed by atoms with Crippen molar-refractivity contribution in [3.8, 4) is 5.88 Å². The second kappa shape index (κ2) is 9.51. The van der Waals surface area contributed by atoms with Crippen LogP contribution in [0.2, 0.25) is 0 Å². The molecule has 0 saturated carbocycles. The number of carbonyl (C=O) groups excluding carboxylic acids is 2. The standard InChI is InChI=1S/C23H25FN4O6S/c1-23(2)32-13-19(34-23)21(29)27-7-5-14(6-8-27)17-4-3-15(9-18(17)24)28-11-16(33-22(28)30)12-31-20-10-25-35-26-20/h3-5,9-10,16,19H,6-8,11-13H2,1-2H3/t16-,19+/m1/s1. The first-order valence-corrected chi connectivity index (χ1v) is 12.0. The van der Waals surface area contributed by atoms with Crippen LogP contribution in [0.4, 0.5) is 14.9 Å². The molecule has 0 radical (unpaired) electrons.